The molecule has 2 aliphatic rings. The summed E-state index contributed by atoms with van der Waals surface area (Å²) in [5, 5.41) is 47.7. The Morgan fingerprint density at radius 1 is 0.721 bits per heavy atom. The monoisotopic (exact) mass is 874 g/mol. The summed E-state index contributed by atoms with van der Waals surface area (Å²) in [6.45, 7) is 42.6. The highest BCUT2D eigenvalue weighted by molar-refractivity contribution is 7.56. The van der Waals surface area contributed by atoms with Crippen molar-refractivity contribution < 1.29 is 32.6 Å². The maximum atomic E-state index is 12.7. The zero-order valence-corrected chi connectivity index (χ0v) is 42.4. The van der Waals surface area contributed by atoms with Crippen LogP contribution in [0.3, 0.4) is 0 Å². The van der Waals surface area contributed by atoms with E-state index < -0.39 is 23.8 Å². The van der Waals surface area contributed by atoms with Crippen LogP contribution in [0.25, 0.3) is 0 Å². The minimum atomic E-state index is -3.29. The Hall–Kier alpha value is -3.67. The van der Waals surface area contributed by atoms with Gasteiger partial charge in [-0.25, -0.2) is 14.2 Å². The zero-order valence-electron chi connectivity index (χ0n) is 41.5. The van der Waals surface area contributed by atoms with Gasteiger partial charge in [-0.2, -0.15) is 4.73 Å². The molecular formula is C47H80N5O8P. The molecule has 2 aliphatic heterocycles. The Labute approximate surface area is 368 Å². The van der Waals surface area contributed by atoms with Crippen molar-refractivity contribution in [3.8, 4) is 0 Å². The minimum absolute atomic E-state index is 0.0570. The highest BCUT2D eigenvalue weighted by Gasteiger charge is 2.58. The number of benzene rings is 1. The van der Waals surface area contributed by atoms with Crippen LogP contribution in [0, 0.1) is 31.2 Å². The van der Waals surface area contributed by atoms with E-state index in [1.54, 1.807) is 39.1 Å². The van der Waals surface area contributed by atoms with E-state index in [9.17, 15) is 30.3 Å². The van der Waals surface area contributed by atoms with Gasteiger partial charge < -0.3 is 29.9 Å². The lowest BCUT2D eigenvalue weighted by Crippen LogP contribution is -2.32. The number of hydrogen-bond donors (Lipinski definition) is 0. The Bertz CT molecular complexity index is 1900. The Morgan fingerprint density at radius 3 is 1.39 bits per heavy atom. The van der Waals surface area contributed by atoms with Crippen molar-refractivity contribution in [1.29, 1.82) is 0 Å². The third kappa shape index (κ3) is 15.6. The van der Waals surface area contributed by atoms with Crippen LogP contribution in [0.1, 0.15) is 180 Å². The summed E-state index contributed by atoms with van der Waals surface area (Å²) in [6.07, 6.45) is 8.82. The highest BCUT2D eigenvalue weighted by Crippen LogP contribution is 2.63. The smallest absolute Gasteiger partial charge is 0.346 e. The Morgan fingerprint density at radius 2 is 1.13 bits per heavy atom. The lowest BCUT2D eigenvalue weighted by Gasteiger charge is -2.31. The lowest BCUT2D eigenvalue weighted by molar-refractivity contribution is -0.605. The number of hydroxylamine groups is 3. The first-order valence-corrected chi connectivity index (χ1v) is 22.8. The summed E-state index contributed by atoms with van der Waals surface area (Å²) in [5.41, 5.74) is 3.45. The van der Waals surface area contributed by atoms with Gasteiger partial charge in [0.05, 0.1) is 18.8 Å². The van der Waals surface area contributed by atoms with E-state index in [1.165, 1.54) is 30.4 Å². The zero-order chi connectivity index (χ0) is 48.0. The summed E-state index contributed by atoms with van der Waals surface area (Å²) in [4.78, 5) is 11.5. The number of nitroso groups, excluding NO2 is 1. The van der Waals surface area contributed by atoms with Crippen molar-refractivity contribution in [1.82, 2.24) is 0 Å². The highest BCUT2D eigenvalue weighted by atomic mass is 31.2. The molecule has 0 radical (unpaired) electrons. The van der Waals surface area contributed by atoms with Crippen molar-refractivity contribution in [2.45, 2.75) is 196 Å². The van der Waals surface area contributed by atoms with Gasteiger partial charge in [0.15, 0.2) is 52.8 Å². The first-order chi connectivity index (χ1) is 27.2. The molecule has 0 saturated carbocycles. The SMILES string of the molecule is CC(C)(C)[N+]([O-])=Cc1cc[n+]([O-])cc1.CC(C)(C)c1cc(C(C)(C)C)c(N=O)c(C(C)(C)C)c1.CC1(C)C=[N+]([O-])C(C)(C)C1.CCOP(=O)(OCC)C1(C)C=[N+]([O-])C(C)(C)C1. The van der Waals surface area contributed by atoms with Crippen molar-refractivity contribution in [2.24, 2.45) is 10.6 Å². The van der Waals surface area contributed by atoms with Gasteiger partial charge >= 0.3 is 7.60 Å². The normalized spacial score (nSPS) is 19.9. The van der Waals surface area contributed by atoms with E-state index in [4.69, 9.17) is 9.05 Å². The first-order valence-electron chi connectivity index (χ1n) is 21.3. The third-order valence-corrected chi connectivity index (χ3v) is 13.1. The van der Waals surface area contributed by atoms with E-state index in [0.29, 0.717) is 30.1 Å². The molecule has 3 heterocycles. The molecule has 0 amide bonds. The van der Waals surface area contributed by atoms with Crippen LogP contribution in [0.5, 0.6) is 0 Å². The third-order valence-electron chi connectivity index (χ3n) is 10.4. The molecule has 0 N–H and O–H groups in total. The molecule has 346 valence electrons. The second-order valence-corrected chi connectivity index (χ2v) is 25.0. The molecule has 2 aromatic rings. The Kier molecular flexibility index (Phi) is 18.0. The van der Waals surface area contributed by atoms with Crippen LogP contribution in [-0.4, -0.2) is 67.8 Å². The van der Waals surface area contributed by atoms with Crippen molar-refractivity contribution in [3.05, 3.63) is 84.6 Å². The van der Waals surface area contributed by atoms with Crippen molar-refractivity contribution in [2.75, 3.05) is 13.2 Å². The van der Waals surface area contributed by atoms with Crippen LogP contribution in [0.2, 0.25) is 0 Å². The molecule has 1 aromatic heterocycles. The fraction of sp³-hybridized carbons (Fsp3) is 0.702. The molecule has 1 aromatic carbocycles. The molecule has 0 fully saturated rings. The van der Waals surface area contributed by atoms with Gasteiger partial charge in [0.25, 0.3) is 0 Å². The number of aromatic nitrogens is 1. The minimum Gasteiger partial charge on any atom is -0.624 e. The second kappa shape index (κ2) is 19.8. The summed E-state index contributed by atoms with van der Waals surface area (Å²) in [6, 6.07) is 7.52. The predicted octanol–water partition coefficient (Wildman–Crippen LogP) is 11.6. The number of hydrogen-bond acceptors (Lipinski definition) is 9. The first kappa shape index (κ1) is 55.3. The second-order valence-electron chi connectivity index (χ2n) is 22.4. The molecule has 1 unspecified atom stereocenters. The van der Waals surface area contributed by atoms with E-state index >= 15 is 0 Å². The van der Waals surface area contributed by atoms with Crippen molar-refractivity contribution in [3.63, 3.8) is 0 Å². The van der Waals surface area contributed by atoms with E-state index in [2.05, 4.69) is 93.5 Å². The topological polar surface area (TPSA) is 170 Å². The molecule has 14 heteroatoms. The van der Waals surface area contributed by atoms with Gasteiger partial charge in [0, 0.05) is 78.9 Å². The Balaban J connectivity index is 0.000000417. The van der Waals surface area contributed by atoms with Gasteiger partial charge in [0.1, 0.15) is 5.69 Å². The van der Waals surface area contributed by atoms with Gasteiger partial charge in [-0.3, -0.25) is 4.57 Å². The van der Waals surface area contributed by atoms with E-state index in [-0.39, 0.29) is 27.2 Å². The molecule has 4 rings (SSSR count). The molecule has 0 bridgehead atoms. The molecule has 61 heavy (non-hydrogen) atoms. The number of rotatable bonds is 7. The van der Waals surface area contributed by atoms with Gasteiger partial charge in [-0.05, 0) is 58.9 Å². The molecule has 1 atom stereocenters. The molecule has 0 spiro atoms. The fourth-order valence-corrected chi connectivity index (χ4v) is 9.32. The van der Waals surface area contributed by atoms with E-state index in [0.717, 1.165) is 37.3 Å². The summed E-state index contributed by atoms with van der Waals surface area (Å²) in [5.74, 6) is 0. The largest absolute Gasteiger partial charge is 0.624 e. The van der Waals surface area contributed by atoms with Crippen LogP contribution >= 0.6 is 7.60 Å². The maximum absolute atomic E-state index is 12.7. The fourth-order valence-electron chi connectivity index (χ4n) is 7.15. The maximum Gasteiger partial charge on any atom is 0.346 e. The van der Waals surface area contributed by atoms with Crippen LogP contribution in [0.15, 0.2) is 41.8 Å². The van der Waals surface area contributed by atoms with Gasteiger partial charge in [0.2, 0.25) is 0 Å². The average Bonchev–Trinajstić information content (AvgIpc) is 3.42. The van der Waals surface area contributed by atoms with Crippen molar-refractivity contribution >= 4 is 31.9 Å². The summed E-state index contributed by atoms with van der Waals surface area (Å²) < 4.78 is 26.9. The van der Waals surface area contributed by atoms with Crippen LogP contribution in [-0.2, 0) is 29.9 Å². The molecule has 0 saturated heterocycles. The average molecular weight is 874 g/mol. The number of nitrogens with zero attached hydrogens (tertiary/aromatic N) is 5. The quantitative estimate of drug-likeness (QED) is 0.0661. The van der Waals surface area contributed by atoms with Crippen LogP contribution in [0.4, 0.5) is 5.69 Å². The standard InChI is InChI=1S/C18H29NO.C11H22NO4P.C10H14N2O2.C8H15NO/c1-16(2,3)12-10-13(17(4,5)6)15(19-20)14(11-12)18(7,8)9;1-6-15-17(14,16-7-2)11(5)8-10(3,4)12(13)9-11;1-10(2,3)12(14)8-9-4-6-11(13)7-5-9;1-7(2)5-8(3,4)9(10)6-7/h10-11H,1-9H3;9H,6-8H2,1-5H3;4-8H,1-3H3;6H,5H2,1-4H3. The number of pyridine rings is 1. The molecule has 0 aliphatic carbocycles. The molecular weight excluding hydrogens is 794 g/mol. The van der Waals surface area contributed by atoms with Crippen LogP contribution < -0.4 is 4.73 Å². The summed E-state index contributed by atoms with van der Waals surface area (Å²) in [7, 11) is -3.29. The van der Waals surface area contributed by atoms with Gasteiger partial charge in [-0.1, -0.05) is 88.3 Å². The van der Waals surface area contributed by atoms with Gasteiger partial charge in [-0.15, -0.1) is 4.91 Å². The lowest BCUT2D eigenvalue weighted by atomic mass is 9.74. The predicted molar refractivity (Wildman–Crippen MR) is 252 cm³/mol. The van der Waals surface area contributed by atoms with E-state index in [1.807, 2.05) is 48.5 Å². The summed E-state index contributed by atoms with van der Waals surface area (Å²) >= 11 is 0. The molecule has 13 nitrogen and oxygen atoms in total.